The summed E-state index contributed by atoms with van der Waals surface area (Å²) >= 11 is 0. The normalized spacial score (nSPS) is 32.7. The molecule has 0 aromatic heterocycles. The Balaban J connectivity index is 1.43. The van der Waals surface area contributed by atoms with Crippen LogP contribution in [0.5, 0.6) is 0 Å². The SMILES string of the molecule is COC(CCC(=O)CCC1CC2CCCCC2C1=O)C1(C)OCC(C)(C)CO1. The van der Waals surface area contributed by atoms with Crippen LogP contribution in [0.15, 0.2) is 0 Å². The van der Waals surface area contributed by atoms with Crippen LogP contribution in [0.3, 0.4) is 0 Å². The van der Waals surface area contributed by atoms with Gasteiger partial charge in [-0.1, -0.05) is 26.7 Å². The van der Waals surface area contributed by atoms with Gasteiger partial charge in [0.15, 0.2) is 5.79 Å². The van der Waals surface area contributed by atoms with Gasteiger partial charge in [-0.25, -0.2) is 0 Å². The van der Waals surface area contributed by atoms with Crippen molar-refractivity contribution in [3.05, 3.63) is 0 Å². The lowest BCUT2D eigenvalue weighted by Gasteiger charge is -2.44. The second kappa shape index (κ2) is 8.93. The van der Waals surface area contributed by atoms with Gasteiger partial charge in [-0.15, -0.1) is 0 Å². The highest BCUT2D eigenvalue weighted by Crippen LogP contribution is 2.44. The van der Waals surface area contributed by atoms with E-state index in [9.17, 15) is 9.59 Å². The van der Waals surface area contributed by atoms with Crippen LogP contribution in [0.1, 0.15) is 78.6 Å². The standard InChI is InChI=1S/C23H38O5/c1-22(2)14-27-23(3,28-15-22)20(26-4)12-11-18(24)10-9-17-13-16-7-5-6-8-19(16)21(17)25/h16-17,19-20H,5-15H2,1-4H3. The lowest BCUT2D eigenvalue weighted by Crippen LogP contribution is -2.53. The van der Waals surface area contributed by atoms with Gasteiger partial charge in [0.2, 0.25) is 0 Å². The second-order valence-electron chi connectivity index (χ2n) is 10.1. The van der Waals surface area contributed by atoms with Gasteiger partial charge in [-0.05, 0) is 44.9 Å². The topological polar surface area (TPSA) is 61.8 Å². The molecule has 5 nitrogen and oxygen atoms in total. The Morgan fingerprint density at radius 2 is 1.82 bits per heavy atom. The van der Waals surface area contributed by atoms with Crippen molar-refractivity contribution in [1.82, 2.24) is 0 Å². The molecule has 0 aromatic carbocycles. The van der Waals surface area contributed by atoms with Gasteiger partial charge >= 0.3 is 0 Å². The smallest absolute Gasteiger partial charge is 0.191 e. The van der Waals surface area contributed by atoms with Gasteiger partial charge in [-0.3, -0.25) is 9.59 Å². The molecular weight excluding hydrogens is 356 g/mol. The van der Waals surface area contributed by atoms with Crippen molar-refractivity contribution in [2.75, 3.05) is 20.3 Å². The summed E-state index contributed by atoms with van der Waals surface area (Å²) in [5.41, 5.74) is -0.00137. The van der Waals surface area contributed by atoms with Gasteiger partial charge in [0.25, 0.3) is 0 Å². The first-order valence-electron chi connectivity index (χ1n) is 11.1. The monoisotopic (exact) mass is 394 g/mol. The predicted molar refractivity (Wildman–Crippen MR) is 107 cm³/mol. The average Bonchev–Trinajstić information content (AvgIpc) is 2.99. The third kappa shape index (κ3) is 5.03. The molecule has 1 aliphatic heterocycles. The number of hydrogen-bond donors (Lipinski definition) is 0. The van der Waals surface area contributed by atoms with E-state index in [0.717, 1.165) is 19.3 Å². The quantitative estimate of drug-likeness (QED) is 0.614. The fourth-order valence-corrected chi connectivity index (χ4v) is 5.20. The molecule has 5 heteroatoms. The third-order valence-electron chi connectivity index (χ3n) is 7.09. The first kappa shape index (κ1) is 21.9. The van der Waals surface area contributed by atoms with E-state index < -0.39 is 5.79 Å². The van der Waals surface area contributed by atoms with E-state index in [4.69, 9.17) is 14.2 Å². The molecule has 0 spiro atoms. The minimum Gasteiger partial charge on any atom is -0.376 e. The number of carbonyl (C=O) groups is 2. The largest absolute Gasteiger partial charge is 0.376 e. The van der Waals surface area contributed by atoms with Crippen LogP contribution in [0.25, 0.3) is 0 Å². The highest BCUT2D eigenvalue weighted by atomic mass is 16.7. The predicted octanol–water partition coefficient (Wildman–Crippen LogP) is 4.32. The van der Waals surface area contributed by atoms with Crippen LogP contribution in [-0.2, 0) is 23.8 Å². The summed E-state index contributed by atoms with van der Waals surface area (Å²) < 4.78 is 17.6. The minimum absolute atomic E-state index is 0.00137. The number of ether oxygens (including phenoxy) is 3. The molecule has 160 valence electrons. The lowest BCUT2D eigenvalue weighted by molar-refractivity contribution is -0.327. The molecule has 28 heavy (non-hydrogen) atoms. The third-order valence-corrected chi connectivity index (χ3v) is 7.09. The molecule has 1 heterocycles. The molecule has 2 saturated carbocycles. The number of rotatable bonds is 8. The Morgan fingerprint density at radius 3 is 2.46 bits per heavy atom. The Labute approximate surface area is 169 Å². The van der Waals surface area contributed by atoms with E-state index in [0.29, 0.717) is 44.2 Å². The van der Waals surface area contributed by atoms with E-state index in [1.807, 2.05) is 6.92 Å². The van der Waals surface area contributed by atoms with Crippen LogP contribution >= 0.6 is 0 Å². The molecule has 0 radical (unpaired) electrons. The summed E-state index contributed by atoms with van der Waals surface area (Å²) in [6.45, 7) is 7.35. The van der Waals surface area contributed by atoms with E-state index in [-0.39, 0.29) is 29.1 Å². The molecule has 0 bridgehead atoms. The summed E-state index contributed by atoms with van der Waals surface area (Å²) in [6.07, 6.45) is 7.70. The highest BCUT2D eigenvalue weighted by Gasteiger charge is 2.44. The molecule has 0 amide bonds. The van der Waals surface area contributed by atoms with Crippen molar-refractivity contribution >= 4 is 11.6 Å². The average molecular weight is 395 g/mol. The van der Waals surface area contributed by atoms with E-state index in [1.54, 1.807) is 7.11 Å². The number of fused-ring (bicyclic) bond motifs is 1. The van der Waals surface area contributed by atoms with Gasteiger partial charge in [0.05, 0.1) is 13.2 Å². The van der Waals surface area contributed by atoms with E-state index >= 15 is 0 Å². The van der Waals surface area contributed by atoms with E-state index in [2.05, 4.69) is 13.8 Å². The van der Waals surface area contributed by atoms with Crippen molar-refractivity contribution < 1.29 is 23.8 Å². The fourth-order valence-electron chi connectivity index (χ4n) is 5.20. The van der Waals surface area contributed by atoms with Crippen LogP contribution < -0.4 is 0 Å². The number of Topliss-reactive ketones (excluding diaryl/α,β-unsaturated/α-hetero) is 2. The summed E-state index contributed by atoms with van der Waals surface area (Å²) in [4.78, 5) is 25.1. The molecular formula is C23H38O5. The second-order valence-corrected chi connectivity index (χ2v) is 10.1. The molecule has 4 unspecified atom stereocenters. The summed E-state index contributed by atoms with van der Waals surface area (Å²) in [5, 5.41) is 0. The Bertz CT molecular complexity index is 559. The first-order chi connectivity index (χ1) is 13.2. The summed E-state index contributed by atoms with van der Waals surface area (Å²) in [7, 11) is 1.64. The zero-order valence-electron chi connectivity index (χ0n) is 18.1. The molecule has 1 saturated heterocycles. The zero-order chi connectivity index (χ0) is 20.4. The van der Waals surface area contributed by atoms with Gasteiger partial charge in [0.1, 0.15) is 17.7 Å². The van der Waals surface area contributed by atoms with Gasteiger partial charge < -0.3 is 14.2 Å². The van der Waals surface area contributed by atoms with Crippen LogP contribution in [0.2, 0.25) is 0 Å². The molecule has 0 aromatic rings. The fraction of sp³-hybridized carbons (Fsp3) is 0.913. The zero-order valence-corrected chi connectivity index (χ0v) is 18.1. The Morgan fingerprint density at radius 1 is 1.14 bits per heavy atom. The van der Waals surface area contributed by atoms with Crippen molar-refractivity contribution in [1.29, 1.82) is 0 Å². The minimum atomic E-state index is -0.804. The number of ketones is 2. The van der Waals surface area contributed by atoms with Crippen molar-refractivity contribution in [3.8, 4) is 0 Å². The van der Waals surface area contributed by atoms with Gasteiger partial charge in [-0.2, -0.15) is 0 Å². The molecule has 3 rings (SSSR count). The maximum Gasteiger partial charge on any atom is 0.191 e. The number of carbonyl (C=O) groups excluding carboxylic acids is 2. The van der Waals surface area contributed by atoms with Crippen LogP contribution in [0, 0.1) is 23.2 Å². The van der Waals surface area contributed by atoms with Gasteiger partial charge in [0, 0.05) is 37.2 Å². The van der Waals surface area contributed by atoms with Crippen molar-refractivity contribution in [2.45, 2.75) is 90.4 Å². The van der Waals surface area contributed by atoms with E-state index in [1.165, 1.54) is 19.3 Å². The molecule has 3 fully saturated rings. The molecule has 3 aliphatic rings. The summed E-state index contributed by atoms with van der Waals surface area (Å²) in [6, 6.07) is 0. The van der Waals surface area contributed by atoms with Crippen LogP contribution in [0.4, 0.5) is 0 Å². The molecule has 4 atom stereocenters. The van der Waals surface area contributed by atoms with Crippen molar-refractivity contribution in [2.24, 2.45) is 23.2 Å². The number of hydrogen-bond acceptors (Lipinski definition) is 5. The van der Waals surface area contributed by atoms with Crippen LogP contribution in [-0.4, -0.2) is 43.8 Å². The lowest BCUT2D eigenvalue weighted by atomic mass is 9.81. The Hall–Kier alpha value is -0.780. The molecule has 2 aliphatic carbocycles. The van der Waals surface area contributed by atoms with Crippen molar-refractivity contribution in [3.63, 3.8) is 0 Å². The summed E-state index contributed by atoms with van der Waals surface area (Å²) in [5.74, 6) is 0.832. The number of methoxy groups -OCH3 is 1. The maximum absolute atomic E-state index is 12.6. The molecule has 0 N–H and O–H groups in total. The Kier molecular flexibility index (Phi) is 6.99. The maximum atomic E-state index is 12.6. The first-order valence-corrected chi connectivity index (χ1v) is 11.1. The highest BCUT2D eigenvalue weighted by molar-refractivity contribution is 5.87.